The van der Waals surface area contributed by atoms with Gasteiger partial charge < -0.3 is 10.6 Å². The number of hydrogen-bond donors (Lipinski definition) is 2. The van der Waals surface area contributed by atoms with E-state index in [0.717, 1.165) is 5.69 Å². The summed E-state index contributed by atoms with van der Waals surface area (Å²) in [5.41, 5.74) is 0.730. The molecule has 0 saturated heterocycles. The molecule has 1 aromatic rings. The van der Waals surface area contributed by atoms with E-state index in [4.69, 9.17) is 11.6 Å². The molecule has 0 spiro atoms. The summed E-state index contributed by atoms with van der Waals surface area (Å²) in [5, 5.41) is 7.18. The molecule has 0 atom stereocenters. The van der Waals surface area contributed by atoms with Crippen LogP contribution >= 0.6 is 22.9 Å². The lowest BCUT2D eigenvalue weighted by atomic mass is 10.4. The normalized spacial score (nSPS) is 10.2. The summed E-state index contributed by atoms with van der Waals surface area (Å²) in [6.45, 7) is 3.81. The van der Waals surface area contributed by atoms with Crippen LogP contribution in [0.15, 0.2) is 11.4 Å². The predicted octanol–water partition coefficient (Wildman–Crippen LogP) is 2.93. The fraction of sp³-hybridized carbons (Fsp3) is 0.375. The van der Waals surface area contributed by atoms with Gasteiger partial charge in [-0.25, -0.2) is 4.79 Å². The Morgan fingerprint density at radius 2 is 2.31 bits per heavy atom. The SMILES string of the molecule is CC(C)NC(=O)Nc1csc(Cl)c1. The first kappa shape index (κ1) is 10.3. The van der Waals surface area contributed by atoms with Crippen LogP contribution in [0.3, 0.4) is 0 Å². The van der Waals surface area contributed by atoms with E-state index in [9.17, 15) is 4.79 Å². The number of anilines is 1. The number of hydrogen-bond acceptors (Lipinski definition) is 2. The van der Waals surface area contributed by atoms with Crippen LogP contribution in [0.5, 0.6) is 0 Å². The Hall–Kier alpha value is -0.740. The molecule has 5 heteroatoms. The highest BCUT2D eigenvalue weighted by molar-refractivity contribution is 7.14. The van der Waals surface area contributed by atoms with Gasteiger partial charge >= 0.3 is 6.03 Å². The Morgan fingerprint density at radius 3 is 2.77 bits per heavy atom. The van der Waals surface area contributed by atoms with Gasteiger partial charge in [-0.3, -0.25) is 0 Å². The second-order valence-corrected chi connectivity index (χ2v) is 4.44. The summed E-state index contributed by atoms with van der Waals surface area (Å²) in [5.74, 6) is 0. The highest BCUT2D eigenvalue weighted by Gasteiger charge is 2.04. The van der Waals surface area contributed by atoms with Crippen molar-refractivity contribution in [3.63, 3.8) is 0 Å². The zero-order chi connectivity index (χ0) is 9.84. The molecule has 0 fully saturated rings. The van der Waals surface area contributed by atoms with E-state index in [1.807, 2.05) is 13.8 Å². The van der Waals surface area contributed by atoms with Gasteiger partial charge in [-0.1, -0.05) is 11.6 Å². The van der Waals surface area contributed by atoms with Crippen molar-refractivity contribution in [1.82, 2.24) is 5.32 Å². The highest BCUT2D eigenvalue weighted by Crippen LogP contribution is 2.23. The molecular weight excluding hydrogens is 208 g/mol. The second-order valence-electron chi connectivity index (χ2n) is 2.89. The molecule has 3 nitrogen and oxygen atoms in total. The number of rotatable bonds is 2. The Balaban J connectivity index is 2.45. The minimum atomic E-state index is -0.204. The predicted molar refractivity (Wildman–Crippen MR) is 56.6 cm³/mol. The number of urea groups is 1. The number of carbonyl (C=O) groups excluding carboxylic acids is 1. The fourth-order valence-corrected chi connectivity index (χ4v) is 1.62. The lowest BCUT2D eigenvalue weighted by Gasteiger charge is -2.08. The van der Waals surface area contributed by atoms with Crippen molar-refractivity contribution in [2.24, 2.45) is 0 Å². The molecule has 0 aromatic carbocycles. The lowest BCUT2D eigenvalue weighted by molar-refractivity contribution is 0.250. The minimum Gasteiger partial charge on any atom is -0.336 e. The average Bonchev–Trinajstić information content (AvgIpc) is 2.33. The molecule has 72 valence electrons. The van der Waals surface area contributed by atoms with Crippen LogP contribution in [-0.2, 0) is 0 Å². The third kappa shape index (κ3) is 3.65. The standard InChI is InChI=1S/C8H11ClN2OS/c1-5(2)10-8(12)11-6-3-7(9)13-4-6/h3-5H,1-2H3,(H2,10,11,12). The molecule has 0 radical (unpaired) electrons. The number of amides is 2. The van der Waals surface area contributed by atoms with Crippen LogP contribution < -0.4 is 10.6 Å². The number of thiophene rings is 1. The van der Waals surface area contributed by atoms with Crippen molar-refractivity contribution < 1.29 is 4.79 Å². The maximum atomic E-state index is 11.2. The molecule has 0 aliphatic carbocycles. The first-order valence-electron chi connectivity index (χ1n) is 3.89. The van der Waals surface area contributed by atoms with Crippen LogP contribution in [0.1, 0.15) is 13.8 Å². The van der Waals surface area contributed by atoms with Gasteiger partial charge in [0.1, 0.15) is 0 Å². The van der Waals surface area contributed by atoms with Gasteiger partial charge in [-0.05, 0) is 19.9 Å². The molecule has 0 aliphatic rings. The van der Waals surface area contributed by atoms with Crippen molar-refractivity contribution in [3.8, 4) is 0 Å². The van der Waals surface area contributed by atoms with Crippen molar-refractivity contribution in [3.05, 3.63) is 15.8 Å². The van der Waals surface area contributed by atoms with Crippen LogP contribution in [0, 0.1) is 0 Å². The van der Waals surface area contributed by atoms with Crippen molar-refractivity contribution in [2.75, 3.05) is 5.32 Å². The van der Waals surface area contributed by atoms with Gasteiger partial charge in [-0.2, -0.15) is 0 Å². The third-order valence-corrected chi connectivity index (χ3v) is 2.34. The van der Waals surface area contributed by atoms with Gasteiger partial charge in [0.15, 0.2) is 0 Å². The summed E-state index contributed by atoms with van der Waals surface area (Å²) in [6, 6.07) is 1.64. The van der Waals surface area contributed by atoms with Crippen LogP contribution in [0.4, 0.5) is 10.5 Å². The zero-order valence-corrected chi connectivity index (χ0v) is 9.00. The number of nitrogens with one attached hydrogen (secondary N) is 2. The van der Waals surface area contributed by atoms with E-state index in [-0.39, 0.29) is 12.1 Å². The largest absolute Gasteiger partial charge is 0.336 e. The molecule has 0 saturated carbocycles. The van der Waals surface area contributed by atoms with Crippen molar-refractivity contribution in [2.45, 2.75) is 19.9 Å². The summed E-state index contributed by atoms with van der Waals surface area (Å²) in [4.78, 5) is 11.2. The van der Waals surface area contributed by atoms with Gasteiger partial charge in [0.05, 0.1) is 10.0 Å². The van der Waals surface area contributed by atoms with E-state index >= 15 is 0 Å². The van der Waals surface area contributed by atoms with E-state index in [0.29, 0.717) is 4.34 Å². The molecule has 13 heavy (non-hydrogen) atoms. The molecule has 0 bridgehead atoms. The highest BCUT2D eigenvalue weighted by atomic mass is 35.5. The molecule has 2 N–H and O–H groups in total. The van der Waals surface area contributed by atoms with Gasteiger partial charge in [0.2, 0.25) is 0 Å². The smallest absolute Gasteiger partial charge is 0.319 e. The summed E-state index contributed by atoms with van der Waals surface area (Å²) in [6.07, 6.45) is 0. The quantitative estimate of drug-likeness (QED) is 0.788. The summed E-state index contributed by atoms with van der Waals surface area (Å²) < 4.78 is 0.667. The van der Waals surface area contributed by atoms with E-state index in [1.165, 1.54) is 11.3 Å². The maximum absolute atomic E-state index is 11.2. The topological polar surface area (TPSA) is 41.1 Å². The Kier molecular flexibility index (Phi) is 3.57. The van der Waals surface area contributed by atoms with Gasteiger partial charge in [-0.15, -0.1) is 11.3 Å². The monoisotopic (exact) mass is 218 g/mol. The van der Waals surface area contributed by atoms with Crippen LogP contribution in [0.2, 0.25) is 4.34 Å². The van der Waals surface area contributed by atoms with E-state index in [2.05, 4.69) is 10.6 Å². The molecule has 1 heterocycles. The first-order chi connectivity index (χ1) is 6.08. The number of halogens is 1. The molecule has 2 amide bonds. The molecule has 0 unspecified atom stereocenters. The molecule has 0 aliphatic heterocycles. The van der Waals surface area contributed by atoms with Crippen LogP contribution in [0.25, 0.3) is 0 Å². The van der Waals surface area contributed by atoms with E-state index < -0.39 is 0 Å². The Bertz CT molecular complexity index is 298. The summed E-state index contributed by atoms with van der Waals surface area (Å²) >= 11 is 7.08. The zero-order valence-electron chi connectivity index (χ0n) is 7.43. The Morgan fingerprint density at radius 1 is 1.62 bits per heavy atom. The fourth-order valence-electron chi connectivity index (χ4n) is 0.805. The van der Waals surface area contributed by atoms with E-state index in [1.54, 1.807) is 11.4 Å². The summed E-state index contributed by atoms with van der Waals surface area (Å²) in [7, 11) is 0. The lowest BCUT2D eigenvalue weighted by Crippen LogP contribution is -2.33. The van der Waals surface area contributed by atoms with Gasteiger partial charge in [0.25, 0.3) is 0 Å². The molecular formula is C8H11ClN2OS. The molecule has 1 aromatic heterocycles. The van der Waals surface area contributed by atoms with Crippen LogP contribution in [-0.4, -0.2) is 12.1 Å². The first-order valence-corrected chi connectivity index (χ1v) is 5.15. The minimum absolute atomic E-state index is 0.133. The van der Waals surface area contributed by atoms with Gasteiger partial charge in [0, 0.05) is 11.4 Å². The third-order valence-electron chi connectivity index (χ3n) is 1.25. The Labute approximate surface area is 86.1 Å². The molecule has 1 rings (SSSR count). The van der Waals surface area contributed by atoms with Crippen molar-refractivity contribution >= 4 is 34.7 Å². The number of carbonyl (C=O) groups is 1. The maximum Gasteiger partial charge on any atom is 0.319 e. The van der Waals surface area contributed by atoms with Crippen molar-refractivity contribution in [1.29, 1.82) is 0 Å². The average molecular weight is 219 g/mol. The second kappa shape index (κ2) is 4.48.